The summed E-state index contributed by atoms with van der Waals surface area (Å²) in [7, 11) is 0. The van der Waals surface area contributed by atoms with E-state index in [4.69, 9.17) is 28.4 Å². The number of allylic oxidation sites excluding steroid dienone is 16. The monoisotopic (exact) mass is 961 g/mol. The van der Waals surface area contributed by atoms with Crippen LogP contribution in [0, 0.1) is 0 Å². The molecule has 68 heavy (non-hydrogen) atoms. The number of carbonyl (C=O) groups is 2. The van der Waals surface area contributed by atoms with Gasteiger partial charge in [0.05, 0.1) is 19.8 Å². The van der Waals surface area contributed by atoms with Crippen LogP contribution in [-0.2, 0) is 38.0 Å². The van der Waals surface area contributed by atoms with Crippen molar-refractivity contribution in [1.82, 2.24) is 0 Å². The van der Waals surface area contributed by atoms with E-state index in [2.05, 4.69) is 74.6 Å². The molecule has 0 radical (unpaired) electrons. The number of hydrogen-bond donors (Lipinski definition) is 7. The van der Waals surface area contributed by atoms with Crippen LogP contribution in [0.1, 0.15) is 129 Å². The van der Waals surface area contributed by atoms with Gasteiger partial charge >= 0.3 is 11.9 Å². The number of aliphatic hydroxyl groups excluding tert-OH is 7. The summed E-state index contributed by atoms with van der Waals surface area (Å²) in [5.74, 6) is -1.00. The molecule has 0 aromatic carbocycles. The first-order valence-corrected chi connectivity index (χ1v) is 24.9. The van der Waals surface area contributed by atoms with E-state index in [0.29, 0.717) is 12.8 Å². The highest BCUT2D eigenvalue weighted by atomic mass is 16.7. The highest BCUT2D eigenvalue weighted by Crippen LogP contribution is 2.26. The fourth-order valence-corrected chi connectivity index (χ4v) is 7.04. The smallest absolute Gasteiger partial charge is 0.306 e. The van der Waals surface area contributed by atoms with Gasteiger partial charge in [-0.05, 0) is 70.6 Å². The van der Waals surface area contributed by atoms with Crippen LogP contribution < -0.4 is 0 Å². The summed E-state index contributed by atoms with van der Waals surface area (Å²) in [4.78, 5) is 25.7. The van der Waals surface area contributed by atoms with Gasteiger partial charge in [-0.2, -0.15) is 0 Å². The second-order valence-electron chi connectivity index (χ2n) is 17.0. The topological polar surface area (TPSA) is 231 Å². The molecule has 0 spiro atoms. The van der Waals surface area contributed by atoms with Crippen LogP contribution in [-0.4, -0.2) is 142 Å². The molecule has 2 rings (SSSR count). The average Bonchev–Trinajstić information content (AvgIpc) is 3.33. The predicted octanol–water partition coefficient (Wildman–Crippen LogP) is 6.59. The Morgan fingerprint density at radius 3 is 1.60 bits per heavy atom. The molecule has 11 atom stereocenters. The first-order chi connectivity index (χ1) is 33.0. The van der Waals surface area contributed by atoms with Gasteiger partial charge in [0, 0.05) is 12.8 Å². The molecule has 386 valence electrons. The second-order valence-corrected chi connectivity index (χ2v) is 17.0. The van der Waals surface area contributed by atoms with Crippen molar-refractivity contribution in [2.75, 3.05) is 26.4 Å². The lowest BCUT2D eigenvalue weighted by molar-refractivity contribution is -0.332. The van der Waals surface area contributed by atoms with Gasteiger partial charge in [0.25, 0.3) is 0 Å². The summed E-state index contributed by atoms with van der Waals surface area (Å²) in [5.41, 5.74) is 0. The van der Waals surface area contributed by atoms with E-state index in [1.54, 1.807) is 0 Å². The summed E-state index contributed by atoms with van der Waals surface area (Å²) >= 11 is 0. The average molecular weight is 961 g/mol. The first kappa shape index (κ1) is 60.5. The number of rotatable bonds is 36. The minimum absolute atomic E-state index is 0.125. The highest BCUT2D eigenvalue weighted by molar-refractivity contribution is 5.70. The molecule has 2 saturated heterocycles. The molecule has 0 amide bonds. The zero-order valence-electron chi connectivity index (χ0n) is 40.5. The largest absolute Gasteiger partial charge is 0.462 e. The minimum Gasteiger partial charge on any atom is -0.462 e. The van der Waals surface area contributed by atoms with E-state index in [1.165, 1.54) is 6.42 Å². The Morgan fingerprint density at radius 2 is 0.985 bits per heavy atom. The molecule has 2 heterocycles. The summed E-state index contributed by atoms with van der Waals surface area (Å²) in [6.07, 6.45) is 31.5. The Balaban J connectivity index is 1.85. The summed E-state index contributed by atoms with van der Waals surface area (Å²) in [6.45, 7) is 2.29. The van der Waals surface area contributed by atoms with Crippen molar-refractivity contribution in [3.63, 3.8) is 0 Å². The van der Waals surface area contributed by atoms with Crippen molar-refractivity contribution in [2.45, 2.75) is 197 Å². The van der Waals surface area contributed by atoms with Crippen LogP contribution in [0.2, 0.25) is 0 Å². The van der Waals surface area contributed by atoms with Crippen LogP contribution in [0.3, 0.4) is 0 Å². The van der Waals surface area contributed by atoms with Gasteiger partial charge in [0.2, 0.25) is 0 Å². The van der Waals surface area contributed by atoms with Crippen molar-refractivity contribution in [3.05, 3.63) is 97.2 Å². The van der Waals surface area contributed by atoms with Crippen molar-refractivity contribution in [1.29, 1.82) is 0 Å². The van der Waals surface area contributed by atoms with Gasteiger partial charge < -0.3 is 64.2 Å². The number of unbranched alkanes of at least 4 members (excludes halogenated alkanes) is 9. The number of ether oxygens (including phenoxy) is 6. The van der Waals surface area contributed by atoms with E-state index in [9.17, 15) is 45.3 Å². The van der Waals surface area contributed by atoms with E-state index in [1.807, 2.05) is 36.5 Å². The molecule has 7 N–H and O–H groups in total. The second kappa shape index (κ2) is 39.2. The standard InChI is InChI=1S/C53H84O15/c1-3-5-7-9-11-13-15-17-19-20-22-23-25-27-29-31-33-35-44(55)63-38-41(66-45(56)36-34-32-30-28-26-24-21-18-16-14-12-10-8-6-4-2)39-64-52-51(62)49(60)47(58)43(68-52)40-65-53-50(61)48(59)46(57)42(37-54)67-53/h6-10,12-16,18-21,23,25,41-43,46-54,57-62H,3-5,11,17,22,24,26-40H2,1-2H3/b8-6+,9-7+,12-10+,15-13+,16-14+,20-19+,21-18+,25-23+/t41-,42+,43+,46-,47-,48?,49?,50?,51?,52+,53+/m0/s1. The van der Waals surface area contributed by atoms with Crippen LogP contribution in [0.15, 0.2) is 97.2 Å². The van der Waals surface area contributed by atoms with Gasteiger partial charge in [0.1, 0.15) is 55.4 Å². The lowest BCUT2D eigenvalue weighted by Gasteiger charge is -2.42. The maximum Gasteiger partial charge on any atom is 0.306 e. The van der Waals surface area contributed by atoms with E-state index in [-0.39, 0.29) is 19.4 Å². The summed E-state index contributed by atoms with van der Waals surface area (Å²) in [5, 5.41) is 72.0. The number of hydrogen-bond acceptors (Lipinski definition) is 15. The number of carbonyl (C=O) groups excluding carboxylic acids is 2. The third kappa shape index (κ3) is 27.0. The van der Waals surface area contributed by atoms with E-state index in [0.717, 1.165) is 83.5 Å². The molecule has 4 unspecified atom stereocenters. The fraction of sp³-hybridized carbons (Fsp3) is 0.660. The van der Waals surface area contributed by atoms with Crippen LogP contribution in [0.4, 0.5) is 0 Å². The van der Waals surface area contributed by atoms with E-state index < -0.39 is 99.3 Å². The van der Waals surface area contributed by atoms with Crippen LogP contribution >= 0.6 is 0 Å². The van der Waals surface area contributed by atoms with Crippen LogP contribution in [0.25, 0.3) is 0 Å². The normalized spacial score (nSPS) is 26.6. The molecule has 0 aromatic heterocycles. The predicted molar refractivity (Wildman–Crippen MR) is 261 cm³/mol. The molecule has 2 fully saturated rings. The summed E-state index contributed by atoms with van der Waals surface area (Å²) in [6, 6.07) is 0. The Labute approximate surface area is 405 Å². The molecule has 2 aliphatic heterocycles. The van der Waals surface area contributed by atoms with Gasteiger partial charge in [-0.25, -0.2) is 0 Å². The lowest BCUT2D eigenvalue weighted by atomic mass is 9.98. The van der Waals surface area contributed by atoms with Crippen molar-refractivity contribution in [3.8, 4) is 0 Å². The molecule has 0 bridgehead atoms. The maximum absolute atomic E-state index is 13.0. The Kier molecular flexibility index (Phi) is 34.9. The van der Waals surface area contributed by atoms with Crippen molar-refractivity contribution >= 4 is 11.9 Å². The van der Waals surface area contributed by atoms with Gasteiger partial charge in [0.15, 0.2) is 18.7 Å². The molecular weight excluding hydrogens is 877 g/mol. The molecule has 0 aromatic rings. The Morgan fingerprint density at radius 1 is 0.500 bits per heavy atom. The third-order valence-corrected chi connectivity index (χ3v) is 11.1. The number of aliphatic hydroxyl groups is 7. The van der Waals surface area contributed by atoms with E-state index >= 15 is 0 Å². The SMILES string of the molecule is CC/C=C/C=C/C=C/C=C/CCCCCCCC(=O)O[C@@H](COC(=O)CCCCC/C=C/C/C=C/C/C=C/C/C=C/CCC)CO[C@@H]1O[C@H](CO[C@@H]2O[C@H](CO)[C@H](O)C(O)C2O)[C@H](O)C(O)C1O. The van der Waals surface area contributed by atoms with Crippen molar-refractivity contribution in [2.24, 2.45) is 0 Å². The molecule has 2 aliphatic rings. The molecule has 15 heteroatoms. The Hall–Kier alpha value is -3.58. The molecular formula is C53H84O15. The lowest BCUT2D eigenvalue weighted by Crippen LogP contribution is -2.61. The Bertz CT molecular complexity index is 1550. The van der Waals surface area contributed by atoms with Gasteiger partial charge in [-0.15, -0.1) is 0 Å². The quantitative estimate of drug-likeness (QED) is 0.0152. The van der Waals surface area contributed by atoms with Gasteiger partial charge in [-0.1, -0.05) is 143 Å². The van der Waals surface area contributed by atoms with Crippen LogP contribution in [0.5, 0.6) is 0 Å². The zero-order valence-corrected chi connectivity index (χ0v) is 40.5. The third-order valence-electron chi connectivity index (χ3n) is 11.1. The van der Waals surface area contributed by atoms with Crippen molar-refractivity contribution < 1.29 is 73.8 Å². The zero-order chi connectivity index (χ0) is 49.6. The number of esters is 2. The molecule has 15 nitrogen and oxygen atoms in total. The highest BCUT2D eigenvalue weighted by Gasteiger charge is 2.47. The molecule has 0 aliphatic carbocycles. The summed E-state index contributed by atoms with van der Waals surface area (Å²) < 4.78 is 33.5. The maximum atomic E-state index is 13.0. The van der Waals surface area contributed by atoms with Gasteiger partial charge in [-0.3, -0.25) is 9.59 Å². The molecule has 0 saturated carbocycles. The minimum atomic E-state index is -1.78. The first-order valence-electron chi connectivity index (χ1n) is 24.9. The fourth-order valence-electron chi connectivity index (χ4n) is 7.04.